The van der Waals surface area contributed by atoms with E-state index in [0.717, 1.165) is 11.5 Å². The molecule has 1 amide bonds. The zero-order valence-electron chi connectivity index (χ0n) is 12.3. The van der Waals surface area contributed by atoms with Crippen molar-refractivity contribution in [3.05, 3.63) is 47.6 Å². The molecular formula is C15H20N2O4. The van der Waals surface area contributed by atoms with E-state index >= 15 is 0 Å². The van der Waals surface area contributed by atoms with E-state index in [4.69, 9.17) is 15.3 Å². The van der Waals surface area contributed by atoms with Crippen LogP contribution < -0.4 is 11.1 Å². The van der Waals surface area contributed by atoms with E-state index in [1.807, 2.05) is 26.0 Å². The summed E-state index contributed by atoms with van der Waals surface area (Å²) in [5.41, 5.74) is 4.35. The fourth-order valence-corrected chi connectivity index (χ4v) is 1.96. The van der Waals surface area contributed by atoms with Crippen LogP contribution in [-0.2, 0) is 9.59 Å². The summed E-state index contributed by atoms with van der Waals surface area (Å²) in [4.78, 5) is 22.5. The Kier molecular flexibility index (Phi) is 5.35. The average molecular weight is 292 g/mol. The van der Waals surface area contributed by atoms with E-state index in [0.29, 0.717) is 5.70 Å². The van der Waals surface area contributed by atoms with E-state index in [-0.39, 0.29) is 6.42 Å². The highest BCUT2D eigenvalue weighted by Crippen LogP contribution is 2.30. The maximum absolute atomic E-state index is 11.4. The quantitative estimate of drug-likeness (QED) is 0.716. The van der Waals surface area contributed by atoms with Crippen LogP contribution in [0.3, 0.4) is 0 Å². The van der Waals surface area contributed by atoms with E-state index in [1.165, 1.54) is 19.2 Å². The number of hydrogen-bond acceptors (Lipinski definition) is 4. The average Bonchev–Trinajstić information content (AvgIpc) is 2.81. The minimum Gasteiger partial charge on any atom is -0.480 e. The highest BCUT2D eigenvalue weighted by Gasteiger charge is 2.44. The molecule has 1 heterocycles. The number of carboxylic acids is 1. The van der Waals surface area contributed by atoms with Gasteiger partial charge in [0.05, 0.1) is 0 Å². The molecule has 1 unspecified atom stereocenters. The lowest BCUT2D eigenvalue weighted by atomic mass is 9.79. The summed E-state index contributed by atoms with van der Waals surface area (Å²) in [5, 5.41) is 11.3. The van der Waals surface area contributed by atoms with Crippen molar-refractivity contribution in [3.8, 4) is 0 Å². The molecule has 21 heavy (non-hydrogen) atoms. The molecule has 0 aliphatic heterocycles. The number of furan rings is 1. The van der Waals surface area contributed by atoms with Crippen LogP contribution in [0, 0.1) is 19.3 Å². The Morgan fingerprint density at radius 1 is 1.33 bits per heavy atom. The molecule has 0 saturated heterocycles. The van der Waals surface area contributed by atoms with Gasteiger partial charge in [-0.15, -0.1) is 0 Å². The molecule has 1 atom stereocenters. The van der Waals surface area contributed by atoms with E-state index in [1.54, 1.807) is 6.08 Å². The van der Waals surface area contributed by atoms with Crippen molar-refractivity contribution in [2.75, 3.05) is 7.05 Å². The topological polar surface area (TPSA) is 106 Å². The number of nitrogens with one attached hydrogen (secondary N) is 1. The van der Waals surface area contributed by atoms with Gasteiger partial charge in [-0.3, -0.25) is 9.59 Å². The summed E-state index contributed by atoms with van der Waals surface area (Å²) in [6.45, 7) is 3.88. The number of carboxylic acid groups (broad SMARTS) is 1. The maximum atomic E-state index is 11.4. The number of carbonyl (C=O) groups is 2. The van der Waals surface area contributed by atoms with Crippen molar-refractivity contribution >= 4 is 11.9 Å². The van der Waals surface area contributed by atoms with Gasteiger partial charge in [-0.05, 0) is 32.1 Å². The molecule has 0 aromatic carbocycles. The number of aliphatic carboxylic acids is 1. The third-order valence-corrected chi connectivity index (χ3v) is 3.06. The molecule has 1 aromatic rings. The van der Waals surface area contributed by atoms with Crippen LogP contribution in [0.2, 0.25) is 0 Å². The second-order valence-electron chi connectivity index (χ2n) is 4.79. The Labute approximate surface area is 123 Å². The summed E-state index contributed by atoms with van der Waals surface area (Å²) in [5.74, 6) is 0.219. The Balaban J connectivity index is 0.000000262. The van der Waals surface area contributed by atoms with Gasteiger partial charge in [0, 0.05) is 19.2 Å². The SMILES string of the molecule is CNC(=O)C1(C(=O)O)C=CC=C(N)C1.Cc1ccc(C)o1. The summed E-state index contributed by atoms with van der Waals surface area (Å²) >= 11 is 0. The summed E-state index contributed by atoms with van der Waals surface area (Å²) in [6.07, 6.45) is 4.44. The monoisotopic (exact) mass is 292 g/mol. The van der Waals surface area contributed by atoms with E-state index in [9.17, 15) is 9.59 Å². The third-order valence-electron chi connectivity index (χ3n) is 3.06. The molecule has 2 rings (SSSR count). The zero-order valence-corrected chi connectivity index (χ0v) is 12.3. The molecule has 0 fully saturated rings. The molecular weight excluding hydrogens is 272 g/mol. The molecule has 6 nitrogen and oxygen atoms in total. The van der Waals surface area contributed by atoms with Crippen molar-refractivity contribution in [1.29, 1.82) is 0 Å². The molecule has 0 saturated carbocycles. The Bertz CT molecular complexity index is 570. The first-order valence-corrected chi connectivity index (χ1v) is 6.44. The lowest BCUT2D eigenvalue weighted by molar-refractivity contribution is -0.152. The highest BCUT2D eigenvalue weighted by atomic mass is 16.4. The van der Waals surface area contributed by atoms with Crippen LogP contribution in [-0.4, -0.2) is 24.0 Å². The standard InChI is InChI=1S/C9H12N2O3.C6H8O/c1-11-7(12)9(8(13)14)4-2-3-6(10)5-9;1-5-3-4-6(2)7-5/h2-4H,5,10H2,1H3,(H,11,12)(H,13,14);3-4H,1-2H3. The Morgan fingerprint density at radius 3 is 2.24 bits per heavy atom. The predicted molar refractivity (Wildman–Crippen MR) is 78.3 cm³/mol. The minimum atomic E-state index is -1.55. The second-order valence-corrected chi connectivity index (χ2v) is 4.79. The first kappa shape index (κ1) is 16.6. The fourth-order valence-electron chi connectivity index (χ4n) is 1.96. The number of hydrogen-bond donors (Lipinski definition) is 3. The number of nitrogens with two attached hydrogens (primary N) is 1. The van der Waals surface area contributed by atoms with Crippen molar-refractivity contribution in [1.82, 2.24) is 5.32 Å². The summed E-state index contributed by atoms with van der Waals surface area (Å²) in [6, 6.07) is 3.91. The smallest absolute Gasteiger partial charge is 0.323 e. The van der Waals surface area contributed by atoms with Gasteiger partial charge in [-0.25, -0.2) is 0 Å². The first-order valence-electron chi connectivity index (χ1n) is 6.44. The highest BCUT2D eigenvalue weighted by molar-refractivity contribution is 6.04. The van der Waals surface area contributed by atoms with Crippen molar-refractivity contribution in [2.24, 2.45) is 11.1 Å². The molecule has 1 aliphatic rings. The molecule has 4 N–H and O–H groups in total. The lowest BCUT2D eigenvalue weighted by Gasteiger charge is -2.26. The summed E-state index contributed by atoms with van der Waals surface area (Å²) < 4.78 is 5.08. The molecule has 1 aliphatic carbocycles. The van der Waals surface area contributed by atoms with Crippen molar-refractivity contribution in [2.45, 2.75) is 20.3 Å². The van der Waals surface area contributed by atoms with Gasteiger partial charge in [-0.1, -0.05) is 12.2 Å². The normalized spacial score (nSPS) is 20.0. The molecule has 0 spiro atoms. The van der Waals surface area contributed by atoms with Gasteiger partial charge in [0.2, 0.25) is 5.91 Å². The van der Waals surface area contributed by atoms with Gasteiger partial charge >= 0.3 is 5.97 Å². The molecule has 0 bridgehead atoms. The van der Waals surface area contributed by atoms with Gasteiger partial charge in [0.15, 0.2) is 5.41 Å². The molecule has 1 aromatic heterocycles. The summed E-state index contributed by atoms with van der Waals surface area (Å²) in [7, 11) is 1.40. The fraction of sp³-hybridized carbons (Fsp3) is 0.333. The van der Waals surface area contributed by atoms with Gasteiger partial charge in [0.25, 0.3) is 0 Å². The third kappa shape index (κ3) is 3.98. The number of aryl methyl sites for hydroxylation is 2. The van der Waals surface area contributed by atoms with Crippen molar-refractivity contribution in [3.63, 3.8) is 0 Å². The van der Waals surface area contributed by atoms with Crippen LogP contribution in [0.4, 0.5) is 0 Å². The van der Waals surface area contributed by atoms with Gasteiger partial charge in [-0.2, -0.15) is 0 Å². The van der Waals surface area contributed by atoms with Gasteiger partial charge in [0.1, 0.15) is 11.5 Å². The lowest BCUT2D eigenvalue weighted by Crippen LogP contribution is -2.45. The van der Waals surface area contributed by atoms with Crippen LogP contribution >= 0.6 is 0 Å². The number of amides is 1. The van der Waals surface area contributed by atoms with Crippen LogP contribution in [0.1, 0.15) is 17.9 Å². The molecule has 114 valence electrons. The Hall–Kier alpha value is -2.50. The largest absolute Gasteiger partial charge is 0.480 e. The Morgan fingerprint density at radius 2 is 1.90 bits per heavy atom. The van der Waals surface area contributed by atoms with Crippen LogP contribution in [0.5, 0.6) is 0 Å². The van der Waals surface area contributed by atoms with E-state index in [2.05, 4.69) is 5.32 Å². The maximum Gasteiger partial charge on any atom is 0.323 e. The second kappa shape index (κ2) is 6.78. The first-order chi connectivity index (χ1) is 9.81. The minimum absolute atomic E-state index is 0.0124. The van der Waals surface area contributed by atoms with Crippen LogP contribution in [0.25, 0.3) is 0 Å². The zero-order chi connectivity index (χ0) is 16.0. The number of allylic oxidation sites excluding steroid dienone is 3. The van der Waals surface area contributed by atoms with E-state index < -0.39 is 17.3 Å². The van der Waals surface area contributed by atoms with Crippen LogP contribution in [0.15, 0.2) is 40.5 Å². The molecule has 6 heteroatoms. The van der Waals surface area contributed by atoms with Gasteiger partial charge < -0.3 is 20.6 Å². The van der Waals surface area contributed by atoms with Crippen molar-refractivity contribution < 1.29 is 19.1 Å². The number of rotatable bonds is 2. The predicted octanol–water partition coefficient (Wildman–Crippen LogP) is 1.50. The number of carbonyl (C=O) groups excluding carboxylic acids is 1. The molecule has 0 radical (unpaired) electrons.